The maximum Gasteiger partial charge on any atom is 0.310 e. The Morgan fingerprint density at radius 3 is 2.43 bits per heavy atom. The van der Waals surface area contributed by atoms with Gasteiger partial charge in [-0.1, -0.05) is 54.1 Å². The Kier molecular flexibility index (Phi) is 3.54. The normalized spacial score (nSPS) is 20.8. The fraction of sp³-hybridized carbons (Fsp3) is 0.316. The van der Waals surface area contributed by atoms with Crippen molar-refractivity contribution in [3.05, 3.63) is 70.8 Å². The third kappa shape index (κ3) is 2.71. The SMILES string of the molecule is Cc1ccc(CC2(C(=O)O)CCc3ccccc3C2)cc1. The van der Waals surface area contributed by atoms with Crippen LogP contribution in [0, 0.1) is 12.3 Å². The van der Waals surface area contributed by atoms with Crippen molar-refractivity contribution in [3.8, 4) is 0 Å². The summed E-state index contributed by atoms with van der Waals surface area (Å²) in [6, 6.07) is 16.5. The van der Waals surface area contributed by atoms with E-state index in [9.17, 15) is 9.90 Å². The van der Waals surface area contributed by atoms with Crippen molar-refractivity contribution in [1.82, 2.24) is 0 Å². The fourth-order valence-corrected chi connectivity index (χ4v) is 3.31. The lowest BCUT2D eigenvalue weighted by molar-refractivity contribution is -0.149. The second-order valence-corrected chi connectivity index (χ2v) is 6.19. The minimum absolute atomic E-state index is 0.608. The summed E-state index contributed by atoms with van der Waals surface area (Å²) in [4.78, 5) is 12.0. The molecule has 0 radical (unpaired) electrons. The zero-order chi connectivity index (χ0) is 14.9. The molecule has 0 aromatic heterocycles. The predicted molar refractivity (Wildman–Crippen MR) is 83.4 cm³/mol. The molecule has 0 bridgehead atoms. The van der Waals surface area contributed by atoms with Crippen LogP contribution in [-0.4, -0.2) is 11.1 Å². The Hall–Kier alpha value is -2.09. The zero-order valence-electron chi connectivity index (χ0n) is 12.3. The monoisotopic (exact) mass is 280 g/mol. The Morgan fingerprint density at radius 1 is 1.10 bits per heavy atom. The highest BCUT2D eigenvalue weighted by Crippen LogP contribution is 2.38. The van der Waals surface area contributed by atoms with Crippen LogP contribution in [0.3, 0.4) is 0 Å². The van der Waals surface area contributed by atoms with E-state index in [0.29, 0.717) is 19.3 Å². The van der Waals surface area contributed by atoms with E-state index in [-0.39, 0.29) is 0 Å². The number of aryl methyl sites for hydroxylation is 2. The molecule has 0 saturated heterocycles. The molecule has 3 rings (SSSR count). The number of carbonyl (C=O) groups is 1. The van der Waals surface area contributed by atoms with Crippen molar-refractivity contribution in [1.29, 1.82) is 0 Å². The molecule has 1 N–H and O–H groups in total. The van der Waals surface area contributed by atoms with Gasteiger partial charge in [-0.25, -0.2) is 0 Å². The minimum atomic E-state index is -0.669. The first-order chi connectivity index (χ1) is 10.1. The van der Waals surface area contributed by atoms with Crippen molar-refractivity contribution >= 4 is 5.97 Å². The molecule has 2 aromatic rings. The Labute approximate surface area is 125 Å². The number of carboxylic acids is 1. The van der Waals surface area contributed by atoms with E-state index < -0.39 is 11.4 Å². The van der Waals surface area contributed by atoms with Gasteiger partial charge in [0.05, 0.1) is 5.41 Å². The molecular formula is C19H20O2. The molecule has 0 amide bonds. The Morgan fingerprint density at radius 2 is 1.76 bits per heavy atom. The third-order valence-corrected chi connectivity index (χ3v) is 4.64. The molecule has 0 fully saturated rings. The van der Waals surface area contributed by atoms with Gasteiger partial charge in [0.1, 0.15) is 0 Å². The van der Waals surface area contributed by atoms with Crippen molar-refractivity contribution in [2.24, 2.45) is 5.41 Å². The standard InChI is InChI=1S/C19H20O2/c1-14-6-8-15(9-7-14)12-19(18(20)21)11-10-16-4-2-3-5-17(16)13-19/h2-9H,10-13H2,1H3,(H,20,21). The van der Waals surface area contributed by atoms with Gasteiger partial charge < -0.3 is 5.11 Å². The molecular weight excluding hydrogens is 260 g/mol. The summed E-state index contributed by atoms with van der Waals surface area (Å²) in [7, 11) is 0. The van der Waals surface area contributed by atoms with Gasteiger partial charge in [-0.05, 0) is 49.3 Å². The second kappa shape index (κ2) is 5.36. The molecule has 2 heteroatoms. The molecule has 2 nitrogen and oxygen atoms in total. The predicted octanol–water partition coefficient (Wildman–Crippen LogP) is 3.80. The lowest BCUT2D eigenvalue weighted by atomic mass is 9.68. The van der Waals surface area contributed by atoms with Gasteiger partial charge in [0.25, 0.3) is 0 Å². The van der Waals surface area contributed by atoms with E-state index in [0.717, 1.165) is 12.0 Å². The Balaban J connectivity index is 1.91. The first-order valence-electron chi connectivity index (χ1n) is 7.45. The number of benzene rings is 2. The highest BCUT2D eigenvalue weighted by molar-refractivity contribution is 5.76. The summed E-state index contributed by atoms with van der Waals surface area (Å²) >= 11 is 0. The smallest absolute Gasteiger partial charge is 0.310 e. The van der Waals surface area contributed by atoms with E-state index >= 15 is 0 Å². The van der Waals surface area contributed by atoms with E-state index in [1.807, 2.05) is 19.1 Å². The third-order valence-electron chi connectivity index (χ3n) is 4.64. The van der Waals surface area contributed by atoms with Crippen LogP contribution in [0.5, 0.6) is 0 Å². The number of hydrogen-bond acceptors (Lipinski definition) is 1. The molecule has 0 aliphatic heterocycles. The fourth-order valence-electron chi connectivity index (χ4n) is 3.31. The first-order valence-corrected chi connectivity index (χ1v) is 7.45. The van der Waals surface area contributed by atoms with Gasteiger partial charge in [-0.15, -0.1) is 0 Å². The van der Waals surface area contributed by atoms with Crippen LogP contribution < -0.4 is 0 Å². The molecule has 21 heavy (non-hydrogen) atoms. The van der Waals surface area contributed by atoms with Crippen molar-refractivity contribution in [2.75, 3.05) is 0 Å². The minimum Gasteiger partial charge on any atom is -0.481 e. The van der Waals surface area contributed by atoms with Crippen molar-refractivity contribution in [3.63, 3.8) is 0 Å². The zero-order valence-corrected chi connectivity index (χ0v) is 12.3. The highest BCUT2D eigenvalue weighted by Gasteiger charge is 2.41. The molecule has 0 spiro atoms. The van der Waals surface area contributed by atoms with Crippen LogP contribution in [-0.2, 0) is 24.1 Å². The average Bonchev–Trinajstić information content (AvgIpc) is 2.49. The summed E-state index contributed by atoms with van der Waals surface area (Å²) in [6.07, 6.45) is 2.81. The number of carboxylic acid groups (broad SMARTS) is 1. The van der Waals surface area contributed by atoms with Crippen LogP contribution in [0.4, 0.5) is 0 Å². The van der Waals surface area contributed by atoms with Crippen LogP contribution in [0.2, 0.25) is 0 Å². The molecule has 1 aliphatic carbocycles. The lowest BCUT2D eigenvalue weighted by Crippen LogP contribution is -2.39. The van der Waals surface area contributed by atoms with Crippen LogP contribution in [0.15, 0.2) is 48.5 Å². The van der Waals surface area contributed by atoms with Gasteiger partial charge in [0.15, 0.2) is 0 Å². The maximum absolute atomic E-state index is 12.0. The molecule has 1 unspecified atom stereocenters. The lowest BCUT2D eigenvalue weighted by Gasteiger charge is -2.34. The van der Waals surface area contributed by atoms with Crippen LogP contribution in [0.1, 0.15) is 28.7 Å². The number of aliphatic carboxylic acids is 1. The topological polar surface area (TPSA) is 37.3 Å². The van der Waals surface area contributed by atoms with Gasteiger partial charge in [0, 0.05) is 0 Å². The molecule has 2 aromatic carbocycles. The summed E-state index contributed by atoms with van der Waals surface area (Å²) in [5, 5.41) is 9.83. The van der Waals surface area contributed by atoms with Crippen molar-refractivity contribution in [2.45, 2.75) is 32.6 Å². The molecule has 0 heterocycles. The van der Waals surface area contributed by atoms with E-state index in [1.165, 1.54) is 16.7 Å². The van der Waals surface area contributed by atoms with Gasteiger partial charge in [-0.3, -0.25) is 4.79 Å². The maximum atomic E-state index is 12.0. The summed E-state index contributed by atoms with van der Waals surface area (Å²) in [6.45, 7) is 2.05. The van der Waals surface area contributed by atoms with E-state index in [2.05, 4.69) is 36.4 Å². The summed E-state index contributed by atoms with van der Waals surface area (Å²) < 4.78 is 0. The van der Waals surface area contributed by atoms with Gasteiger partial charge in [-0.2, -0.15) is 0 Å². The molecule has 1 aliphatic rings. The van der Waals surface area contributed by atoms with E-state index in [4.69, 9.17) is 0 Å². The second-order valence-electron chi connectivity index (χ2n) is 6.19. The van der Waals surface area contributed by atoms with Crippen LogP contribution in [0.25, 0.3) is 0 Å². The largest absolute Gasteiger partial charge is 0.481 e. The van der Waals surface area contributed by atoms with Gasteiger partial charge in [0.2, 0.25) is 0 Å². The molecule has 0 saturated carbocycles. The molecule has 108 valence electrons. The van der Waals surface area contributed by atoms with E-state index in [1.54, 1.807) is 0 Å². The van der Waals surface area contributed by atoms with Crippen LogP contribution >= 0.6 is 0 Å². The summed E-state index contributed by atoms with van der Waals surface area (Å²) in [5.74, 6) is -0.669. The summed E-state index contributed by atoms with van der Waals surface area (Å²) in [5.41, 5.74) is 4.15. The Bertz CT molecular complexity index is 658. The quantitative estimate of drug-likeness (QED) is 0.928. The molecule has 1 atom stereocenters. The number of rotatable bonds is 3. The number of fused-ring (bicyclic) bond motifs is 1. The average molecular weight is 280 g/mol. The number of hydrogen-bond donors (Lipinski definition) is 1. The highest BCUT2D eigenvalue weighted by atomic mass is 16.4. The van der Waals surface area contributed by atoms with Gasteiger partial charge >= 0.3 is 5.97 Å². The first kappa shape index (κ1) is 13.9. The van der Waals surface area contributed by atoms with Crippen molar-refractivity contribution < 1.29 is 9.90 Å².